The minimum Gasteiger partial charge on any atom is -0.478 e. The third-order valence-electron chi connectivity index (χ3n) is 4.49. The standard InChI is InChI=1S/C22H14N2O5S/c25-19(23-17-10-15(21(26)27)7-8-16(17)22(28)29)20-24-18(11-30-20)14-6-5-12-3-1-2-4-13(12)9-14/h1-11H,(H,23,25)(H,26,27)(H,28,29). The molecule has 0 bridgehead atoms. The van der Waals surface area contributed by atoms with E-state index in [-0.39, 0.29) is 21.8 Å². The molecular weight excluding hydrogens is 404 g/mol. The summed E-state index contributed by atoms with van der Waals surface area (Å²) < 4.78 is 0. The average Bonchev–Trinajstić information content (AvgIpc) is 3.23. The van der Waals surface area contributed by atoms with Crippen LogP contribution in [0.4, 0.5) is 5.69 Å². The predicted octanol–water partition coefficient (Wildman–Crippen LogP) is 4.61. The Bertz CT molecular complexity index is 1310. The highest BCUT2D eigenvalue weighted by Gasteiger charge is 2.18. The fourth-order valence-electron chi connectivity index (χ4n) is 3.00. The van der Waals surface area contributed by atoms with E-state index in [9.17, 15) is 19.5 Å². The third kappa shape index (κ3) is 3.76. The van der Waals surface area contributed by atoms with Crippen molar-refractivity contribution in [3.8, 4) is 11.3 Å². The summed E-state index contributed by atoms with van der Waals surface area (Å²) >= 11 is 1.11. The highest BCUT2D eigenvalue weighted by atomic mass is 32.1. The topological polar surface area (TPSA) is 117 Å². The first kappa shape index (κ1) is 19.3. The number of hydrogen-bond donors (Lipinski definition) is 3. The molecule has 4 rings (SSSR count). The number of carboxylic acid groups (broad SMARTS) is 2. The van der Waals surface area contributed by atoms with E-state index in [1.807, 2.05) is 42.5 Å². The van der Waals surface area contributed by atoms with E-state index in [1.54, 1.807) is 5.38 Å². The van der Waals surface area contributed by atoms with Gasteiger partial charge in [0.15, 0.2) is 5.01 Å². The molecule has 30 heavy (non-hydrogen) atoms. The van der Waals surface area contributed by atoms with Crippen LogP contribution in [0.3, 0.4) is 0 Å². The summed E-state index contributed by atoms with van der Waals surface area (Å²) in [6.45, 7) is 0. The van der Waals surface area contributed by atoms with Crippen molar-refractivity contribution in [2.45, 2.75) is 0 Å². The number of anilines is 1. The van der Waals surface area contributed by atoms with Crippen molar-refractivity contribution < 1.29 is 24.6 Å². The zero-order chi connectivity index (χ0) is 21.3. The van der Waals surface area contributed by atoms with Crippen molar-refractivity contribution in [1.82, 2.24) is 4.98 Å². The van der Waals surface area contributed by atoms with Crippen LogP contribution in [0.2, 0.25) is 0 Å². The molecule has 0 spiro atoms. The van der Waals surface area contributed by atoms with Crippen LogP contribution in [0.5, 0.6) is 0 Å². The van der Waals surface area contributed by atoms with Crippen molar-refractivity contribution >= 4 is 45.6 Å². The smallest absolute Gasteiger partial charge is 0.337 e. The number of amides is 1. The Morgan fingerprint density at radius 2 is 1.63 bits per heavy atom. The second kappa shape index (κ2) is 7.76. The van der Waals surface area contributed by atoms with Crippen LogP contribution in [0.25, 0.3) is 22.0 Å². The molecule has 0 aliphatic heterocycles. The van der Waals surface area contributed by atoms with E-state index in [4.69, 9.17) is 5.11 Å². The quantitative estimate of drug-likeness (QED) is 0.436. The number of hydrogen-bond acceptors (Lipinski definition) is 5. The molecule has 3 aromatic carbocycles. The highest BCUT2D eigenvalue weighted by Crippen LogP contribution is 2.27. The summed E-state index contributed by atoms with van der Waals surface area (Å²) in [4.78, 5) is 39.6. The third-order valence-corrected chi connectivity index (χ3v) is 5.33. The van der Waals surface area contributed by atoms with Gasteiger partial charge in [-0.25, -0.2) is 14.6 Å². The lowest BCUT2D eigenvalue weighted by molar-refractivity contribution is 0.0682. The number of aromatic nitrogens is 1. The number of benzene rings is 3. The maximum Gasteiger partial charge on any atom is 0.337 e. The van der Waals surface area contributed by atoms with Gasteiger partial charge in [-0.05, 0) is 35.0 Å². The Hall–Kier alpha value is -4.04. The summed E-state index contributed by atoms with van der Waals surface area (Å²) in [5, 5.41) is 24.9. The monoisotopic (exact) mass is 418 g/mol. The van der Waals surface area contributed by atoms with Crippen LogP contribution in [0.15, 0.2) is 66.0 Å². The number of carboxylic acids is 2. The molecule has 0 aliphatic rings. The van der Waals surface area contributed by atoms with Crippen LogP contribution in [0.1, 0.15) is 30.5 Å². The Morgan fingerprint density at radius 1 is 0.867 bits per heavy atom. The molecule has 0 saturated heterocycles. The molecule has 0 saturated carbocycles. The molecule has 1 aromatic heterocycles. The van der Waals surface area contributed by atoms with Gasteiger partial charge < -0.3 is 15.5 Å². The van der Waals surface area contributed by atoms with E-state index in [1.165, 1.54) is 6.07 Å². The van der Waals surface area contributed by atoms with Crippen LogP contribution >= 0.6 is 11.3 Å². The molecule has 0 unspecified atom stereocenters. The second-order valence-electron chi connectivity index (χ2n) is 6.42. The lowest BCUT2D eigenvalue weighted by Crippen LogP contribution is -2.15. The number of rotatable bonds is 5. The number of carbonyl (C=O) groups is 3. The van der Waals surface area contributed by atoms with Gasteiger partial charge in [-0.1, -0.05) is 36.4 Å². The van der Waals surface area contributed by atoms with Gasteiger partial charge in [0.25, 0.3) is 5.91 Å². The summed E-state index contributed by atoms with van der Waals surface area (Å²) in [6.07, 6.45) is 0. The predicted molar refractivity (Wildman–Crippen MR) is 113 cm³/mol. The van der Waals surface area contributed by atoms with Gasteiger partial charge in [0.2, 0.25) is 0 Å². The second-order valence-corrected chi connectivity index (χ2v) is 7.28. The number of aromatic carboxylic acids is 2. The van der Waals surface area contributed by atoms with Gasteiger partial charge in [0.1, 0.15) is 0 Å². The molecule has 7 nitrogen and oxygen atoms in total. The molecule has 0 atom stereocenters. The zero-order valence-electron chi connectivity index (χ0n) is 15.3. The number of carbonyl (C=O) groups excluding carboxylic acids is 1. The Morgan fingerprint density at radius 3 is 2.37 bits per heavy atom. The molecule has 3 N–H and O–H groups in total. The van der Waals surface area contributed by atoms with E-state index >= 15 is 0 Å². The van der Waals surface area contributed by atoms with E-state index in [0.717, 1.165) is 39.8 Å². The molecule has 0 fully saturated rings. The van der Waals surface area contributed by atoms with Gasteiger partial charge in [0, 0.05) is 10.9 Å². The first-order valence-corrected chi connectivity index (χ1v) is 9.67. The molecule has 0 aliphatic carbocycles. The average molecular weight is 418 g/mol. The Labute approximate surface area is 174 Å². The lowest BCUT2D eigenvalue weighted by Gasteiger charge is -2.08. The summed E-state index contributed by atoms with van der Waals surface area (Å²) in [7, 11) is 0. The van der Waals surface area contributed by atoms with Crippen molar-refractivity contribution in [3.05, 3.63) is 82.2 Å². The molecule has 0 radical (unpaired) electrons. The SMILES string of the molecule is O=C(O)c1ccc(C(=O)O)c(NC(=O)c2nc(-c3ccc4ccccc4c3)cs2)c1. The minimum absolute atomic E-state index is 0.102. The number of thiazole rings is 1. The van der Waals surface area contributed by atoms with E-state index in [0.29, 0.717) is 5.69 Å². The lowest BCUT2D eigenvalue weighted by atomic mass is 10.1. The van der Waals surface area contributed by atoms with E-state index < -0.39 is 17.8 Å². The molecule has 4 aromatic rings. The van der Waals surface area contributed by atoms with Gasteiger partial charge in [0.05, 0.1) is 22.5 Å². The zero-order valence-corrected chi connectivity index (χ0v) is 16.1. The number of fused-ring (bicyclic) bond motifs is 1. The molecular formula is C22H14N2O5S. The van der Waals surface area contributed by atoms with Gasteiger partial charge in [-0.15, -0.1) is 11.3 Å². The maximum absolute atomic E-state index is 12.6. The Balaban J connectivity index is 1.62. The van der Waals surface area contributed by atoms with Crippen LogP contribution in [-0.2, 0) is 0 Å². The van der Waals surface area contributed by atoms with Gasteiger partial charge >= 0.3 is 11.9 Å². The van der Waals surface area contributed by atoms with Crippen LogP contribution in [-0.4, -0.2) is 33.0 Å². The highest BCUT2D eigenvalue weighted by molar-refractivity contribution is 7.12. The van der Waals surface area contributed by atoms with Crippen LogP contribution < -0.4 is 5.32 Å². The first-order valence-electron chi connectivity index (χ1n) is 8.79. The van der Waals surface area contributed by atoms with Crippen molar-refractivity contribution in [1.29, 1.82) is 0 Å². The first-order chi connectivity index (χ1) is 14.4. The number of nitrogens with one attached hydrogen (secondary N) is 1. The summed E-state index contributed by atoms with van der Waals surface area (Å²) in [5.74, 6) is -3.12. The molecule has 1 heterocycles. The minimum atomic E-state index is -1.28. The fraction of sp³-hybridized carbons (Fsp3) is 0. The normalized spacial score (nSPS) is 10.7. The molecule has 1 amide bonds. The maximum atomic E-state index is 12.6. The fourth-order valence-corrected chi connectivity index (χ4v) is 3.72. The van der Waals surface area contributed by atoms with Crippen molar-refractivity contribution in [2.75, 3.05) is 5.32 Å². The van der Waals surface area contributed by atoms with Gasteiger partial charge in [-0.3, -0.25) is 4.79 Å². The summed E-state index contributed by atoms with van der Waals surface area (Å²) in [6, 6.07) is 17.2. The summed E-state index contributed by atoms with van der Waals surface area (Å²) in [5.41, 5.74) is 1.03. The van der Waals surface area contributed by atoms with Crippen molar-refractivity contribution in [2.24, 2.45) is 0 Å². The van der Waals surface area contributed by atoms with Gasteiger partial charge in [-0.2, -0.15) is 0 Å². The van der Waals surface area contributed by atoms with Crippen molar-refractivity contribution in [3.63, 3.8) is 0 Å². The number of nitrogens with zero attached hydrogens (tertiary/aromatic N) is 1. The molecule has 148 valence electrons. The Kier molecular flexibility index (Phi) is 4.99. The van der Waals surface area contributed by atoms with Crippen LogP contribution in [0, 0.1) is 0 Å². The molecule has 8 heteroatoms. The largest absolute Gasteiger partial charge is 0.478 e. The van der Waals surface area contributed by atoms with E-state index in [2.05, 4.69) is 10.3 Å².